The molecule has 0 bridgehead atoms. The van der Waals surface area contributed by atoms with Crippen LogP contribution in [0.4, 0.5) is 4.39 Å². The van der Waals surface area contributed by atoms with Crippen LogP contribution < -0.4 is 9.47 Å². The number of aliphatic imine (C=N–C) groups is 1. The first-order chi connectivity index (χ1) is 15.9. The van der Waals surface area contributed by atoms with Crippen LogP contribution in [0.5, 0.6) is 11.5 Å². The fraction of sp³-hybridized carbons (Fsp3) is 0.154. The van der Waals surface area contributed by atoms with E-state index in [0.717, 1.165) is 14.7 Å². The van der Waals surface area contributed by atoms with Crippen molar-refractivity contribution in [3.8, 4) is 11.5 Å². The number of nitrogens with zero attached hydrogens (tertiary/aromatic N) is 1. The molecule has 0 radical (unpaired) electrons. The van der Waals surface area contributed by atoms with Crippen molar-refractivity contribution in [2.24, 2.45) is 4.99 Å². The van der Waals surface area contributed by atoms with E-state index in [1.165, 1.54) is 12.1 Å². The van der Waals surface area contributed by atoms with Crippen LogP contribution in [0.2, 0.25) is 0 Å². The molecule has 3 aromatic carbocycles. The van der Waals surface area contributed by atoms with Gasteiger partial charge < -0.3 is 14.2 Å². The highest BCUT2D eigenvalue weighted by atomic mass is 127. The molecule has 0 spiro atoms. The summed E-state index contributed by atoms with van der Waals surface area (Å²) in [4.78, 5) is 16.5. The van der Waals surface area contributed by atoms with Crippen molar-refractivity contribution >= 4 is 40.5 Å². The van der Waals surface area contributed by atoms with Crippen LogP contribution in [0.3, 0.4) is 0 Å². The van der Waals surface area contributed by atoms with Crippen LogP contribution >= 0.6 is 22.6 Å². The highest BCUT2D eigenvalue weighted by Crippen LogP contribution is 2.36. The Kier molecular flexibility index (Phi) is 7.08. The molecule has 0 aromatic heterocycles. The fourth-order valence-electron chi connectivity index (χ4n) is 3.35. The zero-order valence-electron chi connectivity index (χ0n) is 18.1. The number of hydrogen-bond acceptors (Lipinski definition) is 5. The fourth-order valence-corrected chi connectivity index (χ4v) is 4.13. The van der Waals surface area contributed by atoms with E-state index >= 15 is 0 Å². The lowest BCUT2D eigenvalue weighted by atomic mass is 10.1. The topological polar surface area (TPSA) is 57.1 Å². The number of rotatable bonds is 7. The zero-order chi connectivity index (χ0) is 23.4. The summed E-state index contributed by atoms with van der Waals surface area (Å²) in [6, 6.07) is 17.8. The van der Waals surface area contributed by atoms with Crippen molar-refractivity contribution in [1.82, 2.24) is 0 Å². The van der Waals surface area contributed by atoms with Gasteiger partial charge in [0.15, 0.2) is 17.2 Å². The standard InChI is InChI=1S/C26H21FINO4/c1-3-31-23-14-18(12-21(28)24(23)32-15-17-8-6-7-16(2)11-17)13-22-26(30)33-25(29-22)19-9-4-5-10-20(19)27/h4-14H,3,15H2,1-2H3/b22-13-. The number of halogens is 2. The molecule has 0 fully saturated rings. The number of hydrogen-bond donors (Lipinski definition) is 0. The first-order valence-corrected chi connectivity index (χ1v) is 11.4. The van der Waals surface area contributed by atoms with Crippen molar-refractivity contribution in [3.63, 3.8) is 0 Å². The van der Waals surface area contributed by atoms with Gasteiger partial charge >= 0.3 is 5.97 Å². The van der Waals surface area contributed by atoms with E-state index in [1.54, 1.807) is 24.3 Å². The predicted molar refractivity (Wildman–Crippen MR) is 133 cm³/mol. The maximum absolute atomic E-state index is 14.1. The Bertz CT molecular complexity index is 1270. The Morgan fingerprint density at radius 3 is 2.67 bits per heavy atom. The second kappa shape index (κ2) is 10.2. The molecule has 1 aliphatic rings. The van der Waals surface area contributed by atoms with Gasteiger partial charge in [-0.25, -0.2) is 14.2 Å². The number of benzene rings is 3. The van der Waals surface area contributed by atoms with Crippen LogP contribution in [0.1, 0.15) is 29.2 Å². The molecule has 0 aliphatic carbocycles. The molecule has 3 aromatic rings. The first-order valence-electron chi connectivity index (χ1n) is 10.4. The Hall–Kier alpha value is -3.20. The third kappa shape index (κ3) is 5.42. The van der Waals surface area contributed by atoms with Crippen molar-refractivity contribution in [2.75, 3.05) is 6.61 Å². The third-order valence-corrected chi connectivity index (χ3v) is 5.63. The minimum atomic E-state index is -0.638. The molecule has 4 rings (SSSR count). The van der Waals surface area contributed by atoms with Crippen LogP contribution in [-0.2, 0) is 16.1 Å². The lowest BCUT2D eigenvalue weighted by Crippen LogP contribution is -2.07. The molecule has 5 nitrogen and oxygen atoms in total. The molecule has 0 saturated carbocycles. The summed E-state index contributed by atoms with van der Waals surface area (Å²) in [6.45, 7) is 4.78. The normalized spacial score (nSPS) is 14.2. The Morgan fingerprint density at radius 1 is 1.09 bits per heavy atom. The van der Waals surface area contributed by atoms with Crippen molar-refractivity contribution < 1.29 is 23.4 Å². The van der Waals surface area contributed by atoms with Crippen LogP contribution in [0.15, 0.2) is 71.4 Å². The summed E-state index contributed by atoms with van der Waals surface area (Å²) in [6.07, 6.45) is 1.59. The minimum absolute atomic E-state index is 0.0535. The first kappa shape index (κ1) is 23.0. The molecule has 33 heavy (non-hydrogen) atoms. The number of cyclic esters (lactones) is 1. The summed E-state index contributed by atoms with van der Waals surface area (Å²) in [5, 5.41) is 0. The van der Waals surface area contributed by atoms with Crippen LogP contribution in [-0.4, -0.2) is 18.5 Å². The van der Waals surface area contributed by atoms with Gasteiger partial charge in [-0.15, -0.1) is 0 Å². The Morgan fingerprint density at radius 2 is 1.91 bits per heavy atom. The Balaban J connectivity index is 1.62. The lowest BCUT2D eigenvalue weighted by Gasteiger charge is -2.15. The molecular weight excluding hydrogens is 536 g/mol. The van der Waals surface area contributed by atoms with Crippen LogP contribution in [0, 0.1) is 16.3 Å². The highest BCUT2D eigenvalue weighted by molar-refractivity contribution is 14.1. The maximum Gasteiger partial charge on any atom is 0.363 e. The largest absolute Gasteiger partial charge is 0.490 e. The summed E-state index contributed by atoms with van der Waals surface area (Å²) in [7, 11) is 0. The average molecular weight is 557 g/mol. The SMILES string of the molecule is CCOc1cc(/C=C2\N=C(c3ccccc3F)OC2=O)cc(I)c1OCc1cccc(C)c1. The molecule has 1 aliphatic heterocycles. The summed E-state index contributed by atoms with van der Waals surface area (Å²) in [5.41, 5.74) is 3.13. The number of ether oxygens (including phenoxy) is 3. The average Bonchev–Trinajstić information content (AvgIpc) is 3.13. The van der Waals surface area contributed by atoms with E-state index in [1.807, 2.05) is 38.1 Å². The van der Waals surface area contributed by atoms with E-state index in [4.69, 9.17) is 14.2 Å². The summed E-state index contributed by atoms with van der Waals surface area (Å²) in [5.74, 6) is -0.00370. The smallest absolute Gasteiger partial charge is 0.363 e. The molecule has 0 amide bonds. The quantitative estimate of drug-likeness (QED) is 0.201. The van der Waals surface area contributed by atoms with Gasteiger partial charge in [-0.3, -0.25) is 0 Å². The second-order valence-electron chi connectivity index (χ2n) is 7.36. The van der Waals surface area contributed by atoms with Gasteiger partial charge in [-0.05, 0) is 77.9 Å². The summed E-state index contributed by atoms with van der Waals surface area (Å²) >= 11 is 2.17. The number of esters is 1. The van der Waals surface area contributed by atoms with Gasteiger partial charge in [-0.1, -0.05) is 42.0 Å². The molecule has 0 unspecified atom stereocenters. The molecule has 1 heterocycles. The van der Waals surface area contributed by atoms with Gasteiger partial charge in [0.2, 0.25) is 5.90 Å². The van der Waals surface area contributed by atoms with E-state index in [2.05, 4.69) is 33.6 Å². The third-order valence-electron chi connectivity index (χ3n) is 4.83. The molecule has 7 heteroatoms. The summed E-state index contributed by atoms with van der Waals surface area (Å²) < 4.78 is 31.9. The lowest BCUT2D eigenvalue weighted by molar-refractivity contribution is -0.129. The highest BCUT2D eigenvalue weighted by Gasteiger charge is 2.26. The van der Waals surface area contributed by atoms with Gasteiger partial charge in [0.1, 0.15) is 12.4 Å². The van der Waals surface area contributed by atoms with Gasteiger partial charge in [-0.2, -0.15) is 0 Å². The second-order valence-corrected chi connectivity index (χ2v) is 8.52. The molecule has 0 saturated heterocycles. The Labute approximate surface area is 205 Å². The number of aryl methyl sites for hydroxylation is 1. The number of carbonyl (C=O) groups excluding carboxylic acids is 1. The van der Waals surface area contributed by atoms with E-state index in [-0.39, 0.29) is 17.2 Å². The monoisotopic (exact) mass is 557 g/mol. The van der Waals surface area contributed by atoms with Crippen molar-refractivity contribution in [3.05, 3.63) is 98.0 Å². The molecule has 0 N–H and O–H groups in total. The minimum Gasteiger partial charge on any atom is -0.490 e. The van der Waals surface area contributed by atoms with E-state index in [9.17, 15) is 9.18 Å². The van der Waals surface area contributed by atoms with E-state index in [0.29, 0.717) is 30.3 Å². The van der Waals surface area contributed by atoms with Gasteiger partial charge in [0.25, 0.3) is 0 Å². The van der Waals surface area contributed by atoms with Gasteiger partial charge in [0, 0.05) is 0 Å². The number of carbonyl (C=O) groups is 1. The van der Waals surface area contributed by atoms with Crippen molar-refractivity contribution in [1.29, 1.82) is 0 Å². The van der Waals surface area contributed by atoms with Gasteiger partial charge in [0.05, 0.1) is 15.7 Å². The van der Waals surface area contributed by atoms with Crippen LogP contribution in [0.25, 0.3) is 6.08 Å². The zero-order valence-corrected chi connectivity index (χ0v) is 20.3. The molecular formula is C26H21FINO4. The maximum atomic E-state index is 14.1. The van der Waals surface area contributed by atoms with E-state index < -0.39 is 11.8 Å². The molecule has 168 valence electrons. The molecule has 0 atom stereocenters. The van der Waals surface area contributed by atoms with Crippen molar-refractivity contribution in [2.45, 2.75) is 20.5 Å². The predicted octanol–water partition coefficient (Wildman–Crippen LogP) is 6.06.